The normalized spacial score (nSPS) is 24.7. The van der Waals surface area contributed by atoms with Gasteiger partial charge in [-0.05, 0) is 6.92 Å². The van der Waals surface area contributed by atoms with Crippen LogP contribution in [0.25, 0.3) is 0 Å². The van der Waals surface area contributed by atoms with E-state index in [9.17, 15) is 0 Å². The molecule has 1 heterocycles. The van der Waals surface area contributed by atoms with Crippen LogP contribution in [-0.2, 0) is 4.74 Å². The number of nitrogens with zero attached hydrogens (tertiary/aromatic N) is 2. The van der Waals surface area contributed by atoms with E-state index in [0.29, 0.717) is 6.02 Å². The van der Waals surface area contributed by atoms with Crippen LogP contribution in [0.15, 0.2) is 10.1 Å². The first-order valence-corrected chi connectivity index (χ1v) is 2.74. The van der Waals surface area contributed by atoms with Gasteiger partial charge in [-0.25, -0.2) is 10.4 Å². The molecule has 50 valence electrons. The third-order valence-corrected chi connectivity index (χ3v) is 0.965. The van der Waals surface area contributed by atoms with E-state index in [2.05, 4.69) is 15.5 Å². The lowest BCUT2D eigenvalue weighted by Gasteiger charge is -2.09. The van der Waals surface area contributed by atoms with Crippen molar-refractivity contribution in [3.8, 4) is 0 Å². The summed E-state index contributed by atoms with van der Waals surface area (Å²) in [5, 5.41) is 3.78. The Bertz CT molecular complexity index is 152. The number of rotatable bonds is 0. The van der Waals surface area contributed by atoms with Crippen molar-refractivity contribution in [2.45, 2.75) is 13.0 Å². The molecule has 0 amide bonds. The largest absolute Gasteiger partial charge is 0.467 e. The van der Waals surface area contributed by atoms with E-state index in [-0.39, 0.29) is 6.04 Å². The predicted molar refractivity (Wildman–Crippen MR) is 35.5 cm³/mol. The molecule has 0 bridgehead atoms. The molecule has 4 heteroatoms. The summed E-state index contributed by atoms with van der Waals surface area (Å²) in [6, 6.07) is 0.603. The summed E-state index contributed by atoms with van der Waals surface area (Å²) in [7, 11) is 1.55. The van der Waals surface area contributed by atoms with Gasteiger partial charge in [0.15, 0.2) is 0 Å². The fourth-order valence-corrected chi connectivity index (χ4v) is 0.546. The topological polar surface area (TPSA) is 46.0 Å². The predicted octanol–water partition coefficient (Wildman–Crippen LogP) is -0.0337. The van der Waals surface area contributed by atoms with E-state index in [1.54, 1.807) is 13.3 Å². The van der Waals surface area contributed by atoms with E-state index >= 15 is 0 Å². The lowest BCUT2D eigenvalue weighted by Crippen LogP contribution is -2.26. The second-order valence-electron chi connectivity index (χ2n) is 1.77. The second kappa shape index (κ2) is 2.48. The molecule has 0 aliphatic carbocycles. The van der Waals surface area contributed by atoms with E-state index in [0.717, 1.165) is 0 Å². The number of nitrogens with one attached hydrogen (secondary N) is 1. The van der Waals surface area contributed by atoms with Gasteiger partial charge in [0.25, 0.3) is 0 Å². The van der Waals surface area contributed by atoms with Crippen LogP contribution in [0.3, 0.4) is 0 Å². The molecule has 1 atom stereocenters. The highest BCUT2D eigenvalue weighted by atomic mass is 16.5. The minimum atomic E-state index is 0.126. The fraction of sp³-hybridized carbons (Fsp3) is 0.600. The Hall–Kier alpha value is -1.06. The number of amidine groups is 1. The SMILES string of the molecule is COC1=NC(C)C=NN1. The van der Waals surface area contributed by atoms with Crippen molar-refractivity contribution in [2.75, 3.05) is 7.11 Å². The van der Waals surface area contributed by atoms with Gasteiger partial charge in [0.1, 0.15) is 0 Å². The quantitative estimate of drug-likeness (QED) is 0.496. The molecule has 1 aliphatic heterocycles. The average molecular weight is 127 g/mol. The lowest BCUT2D eigenvalue weighted by molar-refractivity contribution is 0.376. The molecule has 0 fully saturated rings. The molecule has 0 saturated carbocycles. The van der Waals surface area contributed by atoms with Gasteiger partial charge in [-0.1, -0.05) is 0 Å². The third kappa shape index (κ3) is 1.42. The highest BCUT2D eigenvalue weighted by Crippen LogP contribution is 1.90. The van der Waals surface area contributed by atoms with Crippen LogP contribution in [-0.4, -0.2) is 25.4 Å². The molecule has 0 saturated heterocycles. The van der Waals surface area contributed by atoms with Crippen molar-refractivity contribution in [1.29, 1.82) is 0 Å². The first-order chi connectivity index (χ1) is 4.33. The Morgan fingerprint density at radius 3 is 3.00 bits per heavy atom. The summed E-state index contributed by atoms with van der Waals surface area (Å²) >= 11 is 0. The van der Waals surface area contributed by atoms with Crippen LogP contribution in [0.2, 0.25) is 0 Å². The van der Waals surface area contributed by atoms with E-state index < -0.39 is 0 Å². The van der Waals surface area contributed by atoms with Crippen LogP contribution in [0.5, 0.6) is 0 Å². The summed E-state index contributed by atoms with van der Waals surface area (Å²) in [6.07, 6.45) is 1.71. The first kappa shape index (κ1) is 6.07. The minimum Gasteiger partial charge on any atom is -0.467 e. The summed E-state index contributed by atoms with van der Waals surface area (Å²) in [4.78, 5) is 4.03. The Morgan fingerprint density at radius 1 is 1.78 bits per heavy atom. The zero-order valence-corrected chi connectivity index (χ0v) is 5.46. The molecule has 0 aromatic rings. The highest BCUT2D eigenvalue weighted by molar-refractivity contribution is 5.80. The van der Waals surface area contributed by atoms with Crippen molar-refractivity contribution in [3.63, 3.8) is 0 Å². The molecule has 0 radical (unpaired) electrons. The molecule has 0 aromatic carbocycles. The van der Waals surface area contributed by atoms with Gasteiger partial charge in [0, 0.05) is 6.21 Å². The fourth-order valence-electron chi connectivity index (χ4n) is 0.546. The van der Waals surface area contributed by atoms with Gasteiger partial charge in [-0.15, -0.1) is 0 Å². The van der Waals surface area contributed by atoms with E-state index in [1.165, 1.54) is 0 Å². The van der Waals surface area contributed by atoms with Crippen molar-refractivity contribution < 1.29 is 4.74 Å². The Morgan fingerprint density at radius 2 is 2.56 bits per heavy atom. The van der Waals surface area contributed by atoms with Crippen LogP contribution in [0.1, 0.15) is 6.92 Å². The number of hydrogen-bond acceptors (Lipinski definition) is 4. The standard InChI is InChI=1S/C5H9N3O/c1-4-3-6-8-5(7-4)9-2/h3-4H,1-2H3,(H,7,8). The number of hydrazone groups is 1. The van der Waals surface area contributed by atoms with Gasteiger partial charge < -0.3 is 4.74 Å². The zero-order valence-electron chi connectivity index (χ0n) is 5.46. The van der Waals surface area contributed by atoms with Gasteiger partial charge in [-0.2, -0.15) is 5.10 Å². The summed E-state index contributed by atoms with van der Waals surface area (Å²) < 4.78 is 4.79. The van der Waals surface area contributed by atoms with Gasteiger partial charge >= 0.3 is 6.02 Å². The maximum Gasteiger partial charge on any atom is 0.306 e. The Labute approximate surface area is 53.6 Å². The minimum absolute atomic E-state index is 0.126. The van der Waals surface area contributed by atoms with Crippen molar-refractivity contribution in [2.24, 2.45) is 10.1 Å². The Kier molecular flexibility index (Phi) is 1.67. The van der Waals surface area contributed by atoms with Crippen molar-refractivity contribution >= 4 is 12.2 Å². The zero-order chi connectivity index (χ0) is 6.69. The molecule has 1 unspecified atom stereocenters. The number of ether oxygens (including phenoxy) is 1. The highest BCUT2D eigenvalue weighted by Gasteiger charge is 2.03. The van der Waals surface area contributed by atoms with Crippen LogP contribution < -0.4 is 5.43 Å². The molecule has 9 heavy (non-hydrogen) atoms. The van der Waals surface area contributed by atoms with Crippen molar-refractivity contribution in [1.82, 2.24) is 5.43 Å². The van der Waals surface area contributed by atoms with Crippen LogP contribution in [0, 0.1) is 0 Å². The van der Waals surface area contributed by atoms with E-state index in [1.807, 2.05) is 6.92 Å². The van der Waals surface area contributed by atoms with E-state index in [4.69, 9.17) is 4.74 Å². The molecular formula is C5H9N3O. The second-order valence-corrected chi connectivity index (χ2v) is 1.77. The van der Waals surface area contributed by atoms with Crippen molar-refractivity contribution in [3.05, 3.63) is 0 Å². The van der Waals surface area contributed by atoms with Gasteiger partial charge in [0.05, 0.1) is 13.2 Å². The van der Waals surface area contributed by atoms with Crippen LogP contribution >= 0.6 is 0 Å². The molecule has 0 spiro atoms. The molecule has 0 aromatic heterocycles. The lowest BCUT2D eigenvalue weighted by atomic mass is 10.4. The van der Waals surface area contributed by atoms with Crippen LogP contribution in [0.4, 0.5) is 0 Å². The molecular weight excluding hydrogens is 118 g/mol. The average Bonchev–Trinajstić information content (AvgIpc) is 1.88. The summed E-state index contributed by atoms with van der Waals surface area (Å²) in [5.41, 5.74) is 2.60. The third-order valence-electron chi connectivity index (χ3n) is 0.965. The molecule has 1 N–H and O–H groups in total. The molecule has 1 rings (SSSR count). The Balaban J connectivity index is 2.55. The molecule has 4 nitrogen and oxygen atoms in total. The van der Waals surface area contributed by atoms with Gasteiger partial charge in [0.2, 0.25) is 0 Å². The van der Waals surface area contributed by atoms with Gasteiger partial charge in [-0.3, -0.25) is 0 Å². The maximum atomic E-state index is 4.79. The molecule has 1 aliphatic rings. The number of hydrogen-bond donors (Lipinski definition) is 1. The number of methoxy groups -OCH3 is 1. The number of aliphatic imine (C=N–C) groups is 1. The summed E-state index contributed by atoms with van der Waals surface area (Å²) in [5.74, 6) is 0. The maximum absolute atomic E-state index is 4.79. The smallest absolute Gasteiger partial charge is 0.306 e. The first-order valence-electron chi connectivity index (χ1n) is 2.74. The summed E-state index contributed by atoms with van der Waals surface area (Å²) in [6.45, 7) is 1.93. The monoisotopic (exact) mass is 127 g/mol.